The number of carbonyl (C=O) groups excluding carboxylic acids is 4. The Morgan fingerprint density at radius 3 is 2.02 bits per heavy atom. The van der Waals surface area contributed by atoms with Crippen LogP contribution in [0, 0.1) is 0 Å². The van der Waals surface area contributed by atoms with E-state index in [9.17, 15) is 19.2 Å². The van der Waals surface area contributed by atoms with Gasteiger partial charge in [0.15, 0.2) is 5.78 Å². The van der Waals surface area contributed by atoms with Crippen LogP contribution < -0.4 is 5.32 Å². The summed E-state index contributed by atoms with van der Waals surface area (Å²) in [6.45, 7) is 4.93. The number of Topliss-reactive ketones (excluding diaryl/α,β-unsaturated/α-hetero) is 1. The van der Waals surface area contributed by atoms with Crippen molar-refractivity contribution in [1.29, 1.82) is 0 Å². The van der Waals surface area contributed by atoms with Crippen molar-refractivity contribution < 1.29 is 28.7 Å². The van der Waals surface area contributed by atoms with Gasteiger partial charge in [0.1, 0.15) is 18.2 Å². The van der Waals surface area contributed by atoms with Crippen LogP contribution in [0.4, 0.5) is 4.79 Å². The largest absolute Gasteiger partial charge is 0.459 e. The lowest BCUT2D eigenvalue weighted by Gasteiger charge is -2.24. The van der Waals surface area contributed by atoms with Gasteiger partial charge in [0.25, 0.3) is 5.91 Å². The monoisotopic (exact) mass is 612 g/mol. The summed E-state index contributed by atoms with van der Waals surface area (Å²) in [5.74, 6) is -1.75. The summed E-state index contributed by atoms with van der Waals surface area (Å²) < 4.78 is 10.7. The molecule has 10 heteroatoms. The molecule has 0 unspecified atom stereocenters. The van der Waals surface area contributed by atoms with Gasteiger partial charge < -0.3 is 19.7 Å². The number of benzene rings is 3. The van der Waals surface area contributed by atoms with Crippen molar-refractivity contribution in [2.45, 2.75) is 51.9 Å². The molecule has 0 aliphatic carbocycles. The van der Waals surface area contributed by atoms with E-state index in [-0.39, 0.29) is 47.4 Å². The second-order valence-electron chi connectivity index (χ2n) is 10.7. The normalized spacial score (nSPS) is 11.8. The minimum absolute atomic E-state index is 0.00476. The van der Waals surface area contributed by atoms with Gasteiger partial charge in [0.05, 0.1) is 22.2 Å². The molecule has 42 heavy (non-hydrogen) atoms. The van der Waals surface area contributed by atoms with Crippen molar-refractivity contribution in [2.75, 3.05) is 13.6 Å². The number of nitrogens with zero attached hydrogens (tertiary/aromatic N) is 1. The van der Waals surface area contributed by atoms with Crippen molar-refractivity contribution >= 4 is 47.0 Å². The lowest BCUT2D eigenvalue weighted by molar-refractivity contribution is -0.147. The van der Waals surface area contributed by atoms with Gasteiger partial charge >= 0.3 is 12.1 Å². The lowest BCUT2D eigenvalue weighted by Crippen LogP contribution is -2.43. The molecular formula is C32H34Cl2N2O6. The number of amides is 2. The molecule has 0 spiro atoms. The molecule has 0 aromatic heterocycles. The minimum Gasteiger partial charge on any atom is -0.459 e. The van der Waals surface area contributed by atoms with Gasteiger partial charge in [-0.1, -0.05) is 83.9 Å². The molecule has 3 aromatic rings. The van der Waals surface area contributed by atoms with E-state index in [1.807, 2.05) is 48.5 Å². The second-order valence-corrected chi connectivity index (χ2v) is 11.5. The van der Waals surface area contributed by atoms with Gasteiger partial charge in [-0.15, -0.1) is 0 Å². The topological polar surface area (TPSA) is 102 Å². The molecule has 8 nitrogen and oxygen atoms in total. The van der Waals surface area contributed by atoms with E-state index in [1.54, 1.807) is 45.0 Å². The summed E-state index contributed by atoms with van der Waals surface area (Å²) in [5.41, 5.74) is 1.63. The standard InChI is InChI=1S/C32H34Cl2N2O6/c1-32(2,3)42-31(40)36(4)19-24(37)15-16-27(30(39)41-20-21-11-7-5-8-12-21)35-29(38)28-25(33)17-23(18-26(28)34)22-13-9-6-10-14-22/h5-14,17-18,27H,15-16,19-20H2,1-4H3,(H,35,38)/t27-/m0/s1. The molecule has 1 N–H and O–H groups in total. The summed E-state index contributed by atoms with van der Waals surface area (Å²) in [4.78, 5) is 52.5. The molecule has 0 aliphatic rings. The fourth-order valence-electron chi connectivity index (χ4n) is 3.95. The quantitative estimate of drug-likeness (QED) is 0.241. The Morgan fingerprint density at radius 1 is 0.881 bits per heavy atom. The third-order valence-corrected chi connectivity index (χ3v) is 6.62. The molecule has 222 valence electrons. The van der Waals surface area contributed by atoms with Crippen molar-refractivity contribution in [3.63, 3.8) is 0 Å². The zero-order chi connectivity index (χ0) is 30.9. The number of nitrogens with one attached hydrogen (secondary N) is 1. The van der Waals surface area contributed by atoms with Crippen molar-refractivity contribution in [3.05, 3.63) is 94.0 Å². The van der Waals surface area contributed by atoms with Crippen LogP contribution in [0.2, 0.25) is 10.0 Å². The zero-order valence-electron chi connectivity index (χ0n) is 24.0. The van der Waals surface area contributed by atoms with Gasteiger partial charge in [-0.25, -0.2) is 9.59 Å². The fourth-order valence-corrected chi connectivity index (χ4v) is 4.61. The molecule has 0 aliphatic heterocycles. The highest BCUT2D eigenvalue weighted by molar-refractivity contribution is 6.40. The number of ketones is 1. The average molecular weight is 614 g/mol. The molecule has 0 heterocycles. The third kappa shape index (κ3) is 9.89. The number of hydrogen-bond donors (Lipinski definition) is 1. The molecule has 3 aromatic carbocycles. The number of hydrogen-bond acceptors (Lipinski definition) is 6. The van der Waals surface area contributed by atoms with E-state index in [1.165, 1.54) is 7.05 Å². The van der Waals surface area contributed by atoms with Gasteiger partial charge in [0.2, 0.25) is 0 Å². The summed E-state index contributed by atoms with van der Waals surface area (Å²) in [6, 6.07) is 20.5. The van der Waals surface area contributed by atoms with Crippen molar-refractivity contribution in [1.82, 2.24) is 10.2 Å². The van der Waals surface area contributed by atoms with Gasteiger partial charge in [-0.3, -0.25) is 9.59 Å². The van der Waals surface area contributed by atoms with E-state index >= 15 is 0 Å². The Bertz CT molecular complexity index is 1380. The van der Waals surface area contributed by atoms with Crippen LogP contribution in [-0.4, -0.2) is 53.9 Å². The molecule has 2 amide bonds. The first kappa shape index (κ1) is 32.6. The summed E-state index contributed by atoms with van der Waals surface area (Å²) >= 11 is 13.0. The van der Waals surface area contributed by atoms with Crippen LogP contribution in [0.25, 0.3) is 11.1 Å². The first-order valence-electron chi connectivity index (χ1n) is 13.4. The SMILES string of the molecule is CN(CC(=O)CC[C@H](NC(=O)c1c(Cl)cc(-c2ccccc2)cc1Cl)C(=O)OCc1ccccc1)C(=O)OC(C)(C)C. The smallest absolute Gasteiger partial charge is 0.410 e. The molecule has 3 rings (SSSR count). The van der Waals surface area contributed by atoms with E-state index in [0.29, 0.717) is 0 Å². The first-order valence-corrected chi connectivity index (χ1v) is 14.1. The Labute approximate surface area is 255 Å². The Hall–Kier alpha value is -3.88. The van der Waals surface area contributed by atoms with Gasteiger partial charge in [-0.05, 0) is 56.0 Å². The van der Waals surface area contributed by atoms with Crippen LogP contribution in [0.1, 0.15) is 49.5 Å². The predicted octanol–water partition coefficient (Wildman–Crippen LogP) is 6.72. The zero-order valence-corrected chi connectivity index (χ0v) is 25.5. The molecular weight excluding hydrogens is 579 g/mol. The van der Waals surface area contributed by atoms with Crippen LogP contribution in [0.15, 0.2) is 72.8 Å². The maximum atomic E-state index is 13.3. The molecule has 0 saturated carbocycles. The van der Waals surface area contributed by atoms with Crippen molar-refractivity contribution in [3.8, 4) is 11.1 Å². The van der Waals surface area contributed by atoms with E-state index in [4.69, 9.17) is 32.7 Å². The molecule has 0 fully saturated rings. The summed E-state index contributed by atoms with van der Waals surface area (Å²) in [5, 5.41) is 2.84. The average Bonchev–Trinajstić information content (AvgIpc) is 2.93. The van der Waals surface area contributed by atoms with Crippen LogP contribution in [-0.2, 0) is 25.7 Å². The van der Waals surface area contributed by atoms with E-state index in [2.05, 4.69) is 5.32 Å². The Morgan fingerprint density at radius 2 is 1.45 bits per heavy atom. The summed E-state index contributed by atoms with van der Waals surface area (Å²) in [7, 11) is 1.45. The Kier molecular flexibility index (Phi) is 11.5. The number of ether oxygens (including phenoxy) is 2. The lowest BCUT2D eigenvalue weighted by atomic mass is 10.0. The first-order chi connectivity index (χ1) is 19.8. The van der Waals surface area contributed by atoms with Gasteiger partial charge in [-0.2, -0.15) is 0 Å². The maximum absolute atomic E-state index is 13.3. The second kappa shape index (κ2) is 14.8. The number of likely N-dealkylation sites (N-methyl/N-ethyl adjacent to an activating group) is 1. The number of carbonyl (C=O) groups is 4. The minimum atomic E-state index is -1.18. The molecule has 1 atom stereocenters. The highest BCUT2D eigenvalue weighted by Crippen LogP contribution is 2.32. The van der Waals surface area contributed by atoms with Crippen molar-refractivity contribution in [2.24, 2.45) is 0 Å². The van der Waals surface area contributed by atoms with Crippen LogP contribution in [0.3, 0.4) is 0 Å². The number of halogens is 2. The molecule has 0 radical (unpaired) electrons. The predicted molar refractivity (Wildman–Crippen MR) is 162 cm³/mol. The maximum Gasteiger partial charge on any atom is 0.410 e. The highest BCUT2D eigenvalue weighted by atomic mass is 35.5. The number of esters is 1. The highest BCUT2D eigenvalue weighted by Gasteiger charge is 2.27. The number of rotatable bonds is 11. The van der Waals surface area contributed by atoms with E-state index < -0.39 is 29.6 Å². The van der Waals surface area contributed by atoms with Gasteiger partial charge in [0, 0.05) is 13.5 Å². The Balaban J connectivity index is 1.73. The molecule has 0 bridgehead atoms. The van der Waals surface area contributed by atoms with Crippen LogP contribution >= 0.6 is 23.2 Å². The third-order valence-electron chi connectivity index (χ3n) is 6.02. The summed E-state index contributed by atoms with van der Waals surface area (Å²) in [6.07, 6.45) is -0.837. The molecule has 0 saturated heterocycles. The fraction of sp³-hybridized carbons (Fsp3) is 0.312. The van der Waals surface area contributed by atoms with Crippen LogP contribution in [0.5, 0.6) is 0 Å². The van der Waals surface area contributed by atoms with E-state index in [0.717, 1.165) is 21.6 Å².